The van der Waals surface area contributed by atoms with Gasteiger partial charge >= 0.3 is 6.03 Å². The van der Waals surface area contributed by atoms with Gasteiger partial charge in [0.25, 0.3) is 11.6 Å². The van der Waals surface area contributed by atoms with E-state index in [4.69, 9.17) is 5.73 Å². The first-order chi connectivity index (χ1) is 11.8. The molecular weight excluding hydrogens is 328 g/mol. The lowest BCUT2D eigenvalue weighted by Crippen LogP contribution is -2.53. The third-order valence-electron chi connectivity index (χ3n) is 4.26. The number of amides is 3. The van der Waals surface area contributed by atoms with E-state index in [-0.39, 0.29) is 23.3 Å². The van der Waals surface area contributed by atoms with E-state index in [2.05, 4.69) is 10.3 Å². The summed E-state index contributed by atoms with van der Waals surface area (Å²) in [5, 5.41) is 15.8. The topological polar surface area (TPSA) is 135 Å². The molecule has 1 aromatic rings. The van der Waals surface area contributed by atoms with E-state index in [9.17, 15) is 19.7 Å². The first kappa shape index (κ1) is 18.6. The van der Waals surface area contributed by atoms with E-state index in [1.807, 2.05) is 13.8 Å². The van der Waals surface area contributed by atoms with Gasteiger partial charge in [0, 0.05) is 19.2 Å². The standard InChI is InChI=1S/C15H22N6O4/c1-3-10(2)13(16)14(22)19-7-4-8-20(19)15(23)18-12-6-5-11(9-17-12)21(24)25/h5-6,9-10,13H,3-4,7-8,16H2,1-2H3,(H,17,18,23)/t10-,13-/m0/s1. The van der Waals surface area contributed by atoms with Crippen LogP contribution in [-0.2, 0) is 4.79 Å². The van der Waals surface area contributed by atoms with Gasteiger partial charge in [-0.3, -0.25) is 20.2 Å². The van der Waals surface area contributed by atoms with E-state index in [1.165, 1.54) is 22.2 Å². The Morgan fingerprint density at radius 2 is 2.08 bits per heavy atom. The van der Waals surface area contributed by atoms with Crippen LogP contribution in [0.25, 0.3) is 0 Å². The minimum atomic E-state index is -0.670. The van der Waals surface area contributed by atoms with Crippen molar-refractivity contribution in [1.29, 1.82) is 0 Å². The molecule has 0 unspecified atom stereocenters. The van der Waals surface area contributed by atoms with Crippen molar-refractivity contribution in [2.45, 2.75) is 32.7 Å². The molecule has 0 aromatic carbocycles. The number of urea groups is 1. The Balaban J connectivity index is 2.04. The average Bonchev–Trinajstić information content (AvgIpc) is 3.10. The van der Waals surface area contributed by atoms with Gasteiger partial charge in [0.15, 0.2) is 0 Å². The third kappa shape index (κ3) is 4.21. The van der Waals surface area contributed by atoms with Crippen molar-refractivity contribution in [2.24, 2.45) is 11.7 Å². The Labute approximate surface area is 145 Å². The number of rotatable bonds is 5. The molecule has 1 aliphatic rings. The van der Waals surface area contributed by atoms with Crippen LogP contribution in [0.2, 0.25) is 0 Å². The van der Waals surface area contributed by atoms with Gasteiger partial charge in [0.05, 0.1) is 11.0 Å². The molecular formula is C15H22N6O4. The van der Waals surface area contributed by atoms with Crippen LogP contribution in [0.1, 0.15) is 26.7 Å². The molecule has 0 radical (unpaired) electrons. The summed E-state index contributed by atoms with van der Waals surface area (Å²) in [6.07, 6.45) is 2.47. The number of nitrogens with two attached hydrogens (primary N) is 1. The smallest absolute Gasteiger partial charge is 0.320 e. The average molecular weight is 350 g/mol. The van der Waals surface area contributed by atoms with Gasteiger partial charge in [-0.2, -0.15) is 0 Å². The van der Waals surface area contributed by atoms with E-state index in [1.54, 1.807) is 0 Å². The molecule has 0 aliphatic carbocycles. The molecule has 0 saturated carbocycles. The number of nitrogens with zero attached hydrogens (tertiary/aromatic N) is 4. The summed E-state index contributed by atoms with van der Waals surface area (Å²) in [5.74, 6) is -0.117. The normalized spacial score (nSPS) is 16.4. The number of hydrazine groups is 1. The lowest BCUT2D eigenvalue weighted by atomic mass is 9.99. The highest BCUT2D eigenvalue weighted by Gasteiger charge is 2.34. The second kappa shape index (κ2) is 7.88. The highest BCUT2D eigenvalue weighted by Crippen LogP contribution is 2.18. The summed E-state index contributed by atoms with van der Waals surface area (Å²) in [4.78, 5) is 38.8. The van der Waals surface area contributed by atoms with Crippen LogP contribution in [0.4, 0.5) is 16.3 Å². The molecule has 1 fully saturated rings. The second-order valence-corrected chi connectivity index (χ2v) is 5.94. The first-order valence-electron chi connectivity index (χ1n) is 8.11. The Hall–Kier alpha value is -2.75. The Morgan fingerprint density at radius 1 is 1.40 bits per heavy atom. The van der Waals surface area contributed by atoms with Crippen LogP contribution in [-0.4, -0.2) is 51.0 Å². The molecule has 3 amide bonds. The third-order valence-corrected chi connectivity index (χ3v) is 4.26. The predicted molar refractivity (Wildman–Crippen MR) is 90.4 cm³/mol. The second-order valence-electron chi connectivity index (χ2n) is 5.94. The summed E-state index contributed by atoms with van der Waals surface area (Å²) in [6, 6.07) is 1.39. The maximum Gasteiger partial charge on any atom is 0.341 e. The lowest BCUT2D eigenvalue weighted by Gasteiger charge is -2.31. The monoisotopic (exact) mass is 350 g/mol. The van der Waals surface area contributed by atoms with Crippen LogP contribution < -0.4 is 11.1 Å². The van der Waals surface area contributed by atoms with E-state index in [0.717, 1.165) is 12.6 Å². The van der Waals surface area contributed by atoms with Crippen molar-refractivity contribution < 1.29 is 14.5 Å². The first-order valence-corrected chi connectivity index (χ1v) is 8.11. The van der Waals surface area contributed by atoms with E-state index < -0.39 is 17.0 Å². The maximum atomic E-state index is 12.5. The number of pyridine rings is 1. The molecule has 2 heterocycles. The van der Waals surface area contributed by atoms with Gasteiger partial charge in [-0.25, -0.2) is 19.8 Å². The number of carbonyl (C=O) groups is 2. The molecule has 136 valence electrons. The molecule has 1 aliphatic heterocycles. The molecule has 3 N–H and O–H groups in total. The number of nitrogens with one attached hydrogen (secondary N) is 1. The molecule has 0 bridgehead atoms. The van der Waals surface area contributed by atoms with Gasteiger partial charge in [-0.05, 0) is 18.4 Å². The fraction of sp³-hybridized carbons (Fsp3) is 0.533. The lowest BCUT2D eigenvalue weighted by molar-refractivity contribution is -0.385. The summed E-state index contributed by atoms with van der Waals surface area (Å²) < 4.78 is 0. The molecule has 1 saturated heterocycles. The minimum absolute atomic E-state index is 0.00866. The van der Waals surface area contributed by atoms with Crippen molar-refractivity contribution in [3.8, 4) is 0 Å². The molecule has 10 nitrogen and oxygen atoms in total. The zero-order chi connectivity index (χ0) is 18.6. The van der Waals surface area contributed by atoms with E-state index in [0.29, 0.717) is 19.5 Å². The van der Waals surface area contributed by atoms with Gasteiger partial charge in [-0.1, -0.05) is 20.3 Å². The fourth-order valence-electron chi connectivity index (χ4n) is 2.46. The van der Waals surface area contributed by atoms with Gasteiger partial charge in [0.2, 0.25) is 0 Å². The highest BCUT2D eigenvalue weighted by molar-refractivity contribution is 5.91. The Bertz CT molecular complexity index is 650. The summed E-state index contributed by atoms with van der Waals surface area (Å²) in [7, 11) is 0. The fourth-order valence-corrected chi connectivity index (χ4v) is 2.46. The number of hydrogen-bond acceptors (Lipinski definition) is 6. The zero-order valence-electron chi connectivity index (χ0n) is 14.2. The summed E-state index contributed by atoms with van der Waals surface area (Å²) in [5.41, 5.74) is 5.81. The minimum Gasteiger partial charge on any atom is -0.320 e. The Kier molecular flexibility index (Phi) is 5.86. The molecule has 0 spiro atoms. The predicted octanol–water partition coefficient (Wildman–Crippen LogP) is 1.34. The van der Waals surface area contributed by atoms with Gasteiger partial charge in [-0.15, -0.1) is 0 Å². The van der Waals surface area contributed by atoms with Crippen molar-refractivity contribution in [2.75, 3.05) is 18.4 Å². The maximum absolute atomic E-state index is 12.5. The largest absolute Gasteiger partial charge is 0.341 e. The van der Waals surface area contributed by atoms with Crippen LogP contribution in [0.5, 0.6) is 0 Å². The summed E-state index contributed by atoms with van der Waals surface area (Å²) >= 11 is 0. The van der Waals surface area contributed by atoms with Crippen LogP contribution >= 0.6 is 0 Å². The molecule has 10 heteroatoms. The van der Waals surface area contributed by atoms with Crippen molar-refractivity contribution >= 4 is 23.4 Å². The Morgan fingerprint density at radius 3 is 2.64 bits per heavy atom. The van der Waals surface area contributed by atoms with Gasteiger partial charge in [0.1, 0.15) is 12.0 Å². The number of anilines is 1. The zero-order valence-corrected chi connectivity index (χ0v) is 14.2. The molecule has 25 heavy (non-hydrogen) atoms. The number of hydrogen-bond donors (Lipinski definition) is 2. The van der Waals surface area contributed by atoms with E-state index >= 15 is 0 Å². The van der Waals surface area contributed by atoms with Gasteiger partial charge < -0.3 is 5.73 Å². The van der Waals surface area contributed by atoms with Crippen molar-refractivity contribution in [1.82, 2.24) is 15.0 Å². The quantitative estimate of drug-likeness (QED) is 0.608. The SMILES string of the molecule is CC[C@H](C)[C@H](N)C(=O)N1CCCN1C(=O)Nc1ccc([N+](=O)[O-])cn1. The number of aromatic nitrogens is 1. The number of nitro groups is 1. The molecule has 2 atom stereocenters. The summed E-state index contributed by atoms with van der Waals surface area (Å²) in [6.45, 7) is 4.65. The van der Waals surface area contributed by atoms with Crippen molar-refractivity contribution in [3.63, 3.8) is 0 Å². The highest BCUT2D eigenvalue weighted by atomic mass is 16.6. The molecule has 1 aromatic heterocycles. The molecule has 2 rings (SSSR count). The van der Waals surface area contributed by atoms with Crippen LogP contribution in [0, 0.1) is 16.0 Å². The van der Waals surface area contributed by atoms with Crippen LogP contribution in [0.15, 0.2) is 18.3 Å². The van der Waals surface area contributed by atoms with Crippen LogP contribution in [0.3, 0.4) is 0 Å². The van der Waals surface area contributed by atoms with Crippen molar-refractivity contribution in [3.05, 3.63) is 28.4 Å². The number of carbonyl (C=O) groups excluding carboxylic acids is 2.